The van der Waals surface area contributed by atoms with Crippen LogP contribution in [0.25, 0.3) is 33.5 Å². The number of ether oxygens (including phenoxy) is 7. The predicted molar refractivity (Wildman–Crippen MR) is 298 cm³/mol. The second kappa shape index (κ2) is 24.4. The summed E-state index contributed by atoms with van der Waals surface area (Å²) in [5.41, 5.74) is 7.46. The van der Waals surface area contributed by atoms with Gasteiger partial charge in [-0.3, -0.25) is 9.59 Å². The van der Waals surface area contributed by atoms with Crippen LogP contribution in [-0.2, 0) is 4.74 Å². The molecule has 0 spiro atoms. The number of carboxylic acids is 1. The summed E-state index contributed by atoms with van der Waals surface area (Å²) in [5.74, 6) is 0.762. The molecular weight excluding hydrogens is 1040 g/mol. The lowest BCUT2D eigenvalue weighted by molar-refractivity contribution is 0.0596. The molecule has 0 bridgehead atoms. The molecule has 5 N–H and O–H groups in total. The summed E-state index contributed by atoms with van der Waals surface area (Å²) in [6, 6.07) is 34.1. The number of carboxylic acid groups (broad SMARTS) is 1. The summed E-state index contributed by atoms with van der Waals surface area (Å²) < 4.78 is 39.6. The van der Waals surface area contributed by atoms with Crippen molar-refractivity contribution in [1.29, 1.82) is 0 Å². The third kappa shape index (κ3) is 12.1. The van der Waals surface area contributed by atoms with Crippen molar-refractivity contribution in [2.75, 3.05) is 71.0 Å². The van der Waals surface area contributed by atoms with Crippen molar-refractivity contribution in [1.82, 2.24) is 39.2 Å². The van der Waals surface area contributed by atoms with Gasteiger partial charge in [-0.25, -0.2) is 28.6 Å². The number of nitrogens with zero attached hydrogens (tertiary/aromatic N) is 8. The molecule has 0 atom stereocenters. The van der Waals surface area contributed by atoms with Gasteiger partial charge < -0.3 is 59.5 Å². The Hall–Kier alpha value is -11.3. The average Bonchev–Trinajstić information content (AvgIpc) is 4.22. The molecule has 24 nitrogen and oxygen atoms in total. The molecule has 0 aliphatic rings. The van der Waals surface area contributed by atoms with Crippen LogP contribution in [0.4, 0.5) is 34.4 Å². The minimum absolute atomic E-state index is 0.00121. The number of fused-ring (bicyclic) bond motifs is 2. The van der Waals surface area contributed by atoms with Crippen LogP contribution in [0.1, 0.15) is 41.4 Å². The van der Waals surface area contributed by atoms with Crippen molar-refractivity contribution in [3.05, 3.63) is 169 Å². The molecule has 81 heavy (non-hydrogen) atoms. The van der Waals surface area contributed by atoms with Gasteiger partial charge in [-0.2, -0.15) is 20.2 Å². The normalized spacial score (nSPS) is 10.7. The maximum atomic E-state index is 13.2. The number of esters is 1. The summed E-state index contributed by atoms with van der Waals surface area (Å²) >= 11 is 0. The molecule has 0 unspecified atom stereocenters. The van der Waals surface area contributed by atoms with Gasteiger partial charge in [0, 0.05) is 58.2 Å². The molecule has 0 fully saturated rings. The number of aromatic carboxylic acids is 1. The quantitative estimate of drug-likeness (QED) is 0.0500. The molecule has 6 aromatic heterocycles. The van der Waals surface area contributed by atoms with Gasteiger partial charge in [0.1, 0.15) is 46.9 Å². The number of hydrogen-bond acceptors (Lipinski definition) is 19. The number of rotatable bonds is 18. The Kier molecular flexibility index (Phi) is 16.4. The Morgan fingerprint density at radius 2 is 0.914 bits per heavy atom. The third-order valence-corrected chi connectivity index (χ3v) is 12.2. The maximum absolute atomic E-state index is 13.2. The number of aromatic nitrogens is 8. The predicted octanol–water partition coefficient (Wildman–Crippen LogP) is 9.11. The largest absolute Gasteiger partial charge is 0.496 e. The van der Waals surface area contributed by atoms with Crippen LogP contribution in [-0.4, -0.2) is 118 Å². The highest BCUT2D eigenvalue weighted by atomic mass is 16.5. The fourth-order valence-electron chi connectivity index (χ4n) is 8.31. The number of benzene rings is 4. The lowest BCUT2D eigenvalue weighted by Crippen LogP contribution is -2.12. The highest BCUT2D eigenvalue weighted by Gasteiger charge is 2.19. The molecule has 0 aliphatic heterocycles. The number of anilines is 6. The van der Waals surface area contributed by atoms with E-state index >= 15 is 0 Å². The first-order valence-corrected chi connectivity index (χ1v) is 24.2. The summed E-state index contributed by atoms with van der Waals surface area (Å²) in [4.78, 5) is 67.1. The highest BCUT2D eigenvalue weighted by Crippen LogP contribution is 2.34. The summed E-state index contributed by atoms with van der Waals surface area (Å²) in [6.07, 6.45) is 6.53. The van der Waals surface area contributed by atoms with Gasteiger partial charge in [-0.15, -0.1) is 0 Å². The third-order valence-electron chi connectivity index (χ3n) is 12.2. The fourth-order valence-corrected chi connectivity index (χ4v) is 8.31. The van der Waals surface area contributed by atoms with Gasteiger partial charge in [0.05, 0.1) is 61.1 Å². The number of methoxy groups -OCH3 is 7. The second-order valence-electron chi connectivity index (χ2n) is 17.1. The Bertz CT molecular complexity index is 4000. The zero-order valence-corrected chi connectivity index (χ0v) is 44.4. The van der Waals surface area contributed by atoms with Crippen molar-refractivity contribution in [2.45, 2.75) is 0 Å². The van der Waals surface area contributed by atoms with Crippen LogP contribution in [0.15, 0.2) is 146 Å². The van der Waals surface area contributed by atoms with E-state index < -0.39 is 11.9 Å². The molecule has 0 saturated carbocycles. The zero-order chi connectivity index (χ0) is 57.2. The number of hydrogen-bond donors (Lipinski definition) is 5. The number of carbonyl (C=O) groups excluding carboxylic acids is 3. The molecule has 10 aromatic rings. The van der Waals surface area contributed by atoms with Crippen LogP contribution >= 0.6 is 0 Å². The molecular formula is C57H50N12O12. The summed E-state index contributed by atoms with van der Waals surface area (Å²) in [6.45, 7) is 0. The second-order valence-corrected chi connectivity index (χ2v) is 17.1. The standard InChI is InChI=1S/C29H26N6O6.C28H24N6O6/c1-38-23-10-11-25(34-28(23)40-3)33-22-13-19(15-35-26(22)30-16-31-35)17-6-5-7-18(12-17)27(36)32-20-8-9-21(29(37)41-4)24(14-20)39-2;1-38-22-9-10-24(33-27(22)40-3)32-21-12-18(14-34-25(21)29-15-30-34)16-5-4-6-17(11-16)26(35)31-19-7-8-20(28(36)37)23(13-19)39-2/h5-16H,1-4H3,(H,32,36)(H,33,34);4-15H,1-3H3,(H,31,35)(H,32,33)(H,36,37). The van der Waals surface area contributed by atoms with E-state index in [0.29, 0.717) is 80.1 Å². The first-order chi connectivity index (χ1) is 39.3. The zero-order valence-electron chi connectivity index (χ0n) is 44.4. The molecule has 6 heterocycles. The SMILES string of the molecule is COC(=O)c1ccc(NC(=O)c2cccc(-c3cc(Nc4ccc(OC)c(OC)n4)c4ncnn4c3)c2)cc1OC.COc1cc(NC(=O)c2cccc(-c3cc(Nc4ccc(OC)c(OC)n4)c4ncnn4c3)c2)ccc1C(=O)O. The number of amides is 2. The van der Waals surface area contributed by atoms with Crippen LogP contribution in [0.2, 0.25) is 0 Å². The van der Waals surface area contributed by atoms with E-state index in [-0.39, 0.29) is 34.4 Å². The van der Waals surface area contributed by atoms with Crippen LogP contribution in [0.3, 0.4) is 0 Å². The molecule has 0 radical (unpaired) electrons. The van der Waals surface area contributed by atoms with Gasteiger partial charge >= 0.3 is 11.9 Å². The van der Waals surface area contributed by atoms with E-state index in [9.17, 15) is 24.3 Å². The monoisotopic (exact) mass is 1090 g/mol. The van der Waals surface area contributed by atoms with Crippen molar-refractivity contribution >= 4 is 69.4 Å². The Morgan fingerprint density at radius 3 is 1.33 bits per heavy atom. The maximum Gasteiger partial charge on any atom is 0.341 e. The molecule has 2 amide bonds. The van der Waals surface area contributed by atoms with Crippen molar-refractivity contribution in [3.8, 4) is 57.0 Å². The van der Waals surface area contributed by atoms with E-state index in [1.54, 1.807) is 88.9 Å². The van der Waals surface area contributed by atoms with Crippen molar-refractivity contribution < 1.29 is 57.4 Å². The summed E-state index contributed by atoms with van der Waals surface area (Å²) in [5, 5.41) is 30.0. The first kappa shape index (κ1) is 54.5. The van der Waals surface area contributed by atoms with Gasteiger partial charge in [0.2, 0.25) is 0 Å². The summed E-state index contributed by atoms with van der Waals surface area (Å²) in [7, 11) is 10.2. The smallest absolute Gasteiger partial charge is 0.341 e. The van der Waals surface area contributed by atoms with Gasteiger partial charge in [0.25, 0.3) is 23.6 Å². The minimum Gasteiger partial charge on any atom is -0.496 e. The molecule has 24 heteroatoms. The van der Waals surface area contributed by atoms with E-state index in [0.717, 1.165) is 22.3 Å². The van der Waals surface area contributed by atoms with E-state index in [4.69, 9.17) is 33.2 Å². The van der Waals surface area contributed by atoms with Crippen LogP contribution in [0, 0.1) is 0 Å². The van der Waals surface area contributed by atoms with Gasteiger partial charge in [-0.05, 0) is 96.1 Å². The number of nitrogens with one attached hydrogen (secondary N) is 4. The average molecular weight is 1100 g/mol. The minimum atomic E-state index is -1.12. The van der Waals surface area contributed by atoms with Gasteiger partial charge in [0.15, 0.2) is 22.8 Å². The molecule has 4 aromatic carbocycles. The van der Waals surface area contributed by atoms with Crippen molar-refractivity contribution in [3.63, 3.8) is 0 Å². The van der Waals surface area contributed by atoms with Crippen LogP contribution in [0.5, 0.6) is 34.8 Å². The fraction of sp³-hybridized carbons (Fsp3) is 0.123. The molecule has 10 rings (SSSR count). The first-order valence-electron chi connectivity index (χ1n) is 24.2. The molecule has 410 valence electrons. The van der Waals surface area contributed by atoms with E-state index in [2.05, 4.69) is 51.4 Å². The lowest BCUT2D eigenvalue weighted by atomic mass is 10.0. The highest BCUT2D eigenvalue weighted by molar-refractivity contribution is 6.06. The number of pyridine rings is 4. The number of carbonyl (C=O) groups is 4. The van der Waals surface area contributed by atoms with E-state index in [1.807, 2.05) is 36.7 Å². The lowest BCUT2D eigenvalue weighted by Gasteiger charge is -2.13. The Morgan fingerprint density at radius 1 is 0.469 bits per heavy atom. The topological polar surface area (TPSA) is 287 Å². The van der Waals surface area contributed by atoms with Crippen LogP contribution < -0.4 is 49.7 Å². The Balaban J connectivity index is 0.000000196. The van der Waals surface area contributed by atoms with E-state index in [1.165, 1.54) is 79.6 Å². The molecule has 0 saturated heterocycles. The van der Waals surface area contributed by atoms with Crippen molar-refractivity contribution in [2.24, 2.45) is 0 Å². The van der Waals surface area contributed by atoms with Gasteiger partial charge in [-0.1, -0.05) is 24.3 Å². The molecule has 0 aliphatic carbocycles. The Labute approximate surface area is 461 Å².